The highest BCUT2D eigenvalue weighted by Crippen LogP contribution is 2.48. The lowest BCUT2D eigenvalue weighted by Crippen LogP contribution is -2.25. The van der Waals surface area contributed by atoms with Gasteiger partial charge in [0.25, 0.3) is 0 Å². The van der Waals surface area contributed by atoms with Gasteiger partial charge in [-0.05, 0) is 182 Å². The molecule has 2 fully saturated rings. The minimum absolute atomic E-state index is 0.289. The second-order valence-corrected chi connectivity index (χ2v) is 18.4. The fourth-order valence-electron chi connectivity index (χ4n) is 10.7. The molecule has 65 heavy (non-hydrogen) atoms. The molecule has 10 rings (SSSR count). The number of phenolic OH excluding ortho intramolecular Hbond substituents is 1. The molecule has 6 aromatic rings. The molecule has 0 saturated carbocycles. The number of fused-ring (bicyclic) bond motifs is 2. The summed E-state index contributed by atoms with van der Waals surface area (Å²) in [5, 5.41) is 9.69. The van der Waals surface area contributed by atoms with E-state index < -0.39 is 0 Å². The van der Waals surface area contributed by atoms with Crippen LogP contribution in [0.15, 0.2) is 146 Å². The first-order valence-electron chi connectivity index (χ1n) is 24.0. The van der Waals surface area contributed by atoms with E-state index >= 15 is 0 Å². The lowest BCUT2D eigenvalue weighted by molar-refractivity contribution is 0.237. The molecular formula is C58H67ClN2O4. The number of rotatable bonds is 12. The highest BCUT2D eigenvalue weighted by molar-refractivity contribution is 6.18. The summed E-state index contributed by atoms with van der Waals surface area (Å²) in [6.07, 6.45) is 9.78. The molecule has 2 heterocycles. The predicted octanol–water partition coefficient (Wildman–Crippen LogP) is 12.6. The number of halogens is 1. The van der Waals surface area contributed by atoms with Gasteiger partial charge in [0.2, 0.25) is 0 Å². The van der Waals surface area contributed by atoms with Crippen LogP contribution in [0.3, 0.4) is 0 Å². The third kappa shape index (κ3) is 12.0. The van der Waals surface area contributed by atoms with Crippen molar-refractivity contribution in [2.75, 3.05) is 66.0 Å². The number of nitrogens with zero attached hydrogens (tertiary/aromatic N) is 2. The van der Waals surface area contributed by atoms with Crippen LogP contribution >= 0.6 is 11.6 Å². The summed E-state index contributed by atoms with van der Waals surface area (Å²) in [6.45, 7) is 7.85. The maximum absolute atomic E-state index is 9.69. The Morgan fingerprint density at radius 1 is 0.508 bits per heavy atom. The van der Waals surface area contributed by atoms with Crippen LogP contribution in [-0.4, -0.2) is 80.9 Å². The Morgan fingerprint density at radius 2 is 0.938 bits per heavy atom. The van der Waals surface area contributed by atoms with Crippen LogP contribution in [0, 0.1) is 0 Å². The Hall–Kier alpha value is -5.27. The number of benzene rings is 6. The van der Waals surface area contributed by atoms with Crippen molar-refractivity contribution in [1.82, 2.24) is 9.80 Å². The third-order valence-electron chi connectivity index (χ3n) is 14.0. The fraction of sp³-hybridized carbons (Fsp3) is 0.379. The minimum atomic E-state index is 0.289. The summed E-state index contributed by atoms with van der Waals surface area (Å²) in [4.78, 5) is 4.90. The molecule has 1 N–H and O–H groups in total. The van der Waals surface area contributed by atoms with Gasteiger partial charge < -0.3 is 24.2 Å². The molecule has 340 valence electrons. The second-order valence-electron chi connectivity index (χ2n) is 18.0. The number of aromatic hydroxyl groups is 1. The average Bonchev–Trinajstić information content (AvgIpc) is 4.10. The fourth-order valence-corrected chi connectivity index (χ4v) is 10.9. The van der Waals surface area contributed by atoms with Crippen LogP contribution in [0.5, 0.6) is 23.0 Å². The Labute approximate surface area is 393 Å². The van der Waals surface area contributed by atoms with E-state index in [1.807, 2.05) is 0 Å². The van der Waals surface area contributed by atoms with Crippen LogP contribution in [0.1, 0.15) is 107 Å². The Kier molecular flexibility index (Phi) is 16.6. The molecule has 6 nitrogen and oxygen atoms in total. The molecule has 7 heteroatoms. The van der Waals surface area contributed by atoms with Crippen molar-refractivity contribution in [2.24, 2.45) is 0 Å². The zero-order valence-corrected chi connectivity index (χ0v) is 39.2. The first-order valence-corrected chi connectivity index (χ1v) is 24.5. The van der Waals surface area contributed by atoms with Gasteiger partial charge in [0.1, 0.15) is 29.6 Å². The Bertz CT molecular complexity index is 2340. The number of ether oxygens (including phenoxy) is 3. The summed E-state index contributed by atoms with van der Waals surface area (Å²) in [6, 6.07) is 51.3. The van der Waals surface area contributed by atoms with Crippen molar-refractivity contribution in [1.29, 1.82) is 0 Å². The molecule has 4 atom stereocenters. The van der Waals surface area contributed by atoms with Crippen LogP contribution < -0.4 is 14.2 Å². The molecule has 4 unspecified atom stereocenters. The number of methoxy groups -OCH3 is 2. The second kappa shape index (κ2) is 23.3. The molecule has 0 amide bonds. The monoisotopic (exact) mass is 890 g/mol. The summed E-state index contributed by atoms with van der Waals surface area (Å²) in [5.74, 6) is 5.47. The maximum Gasteiger partial charge on any atom is 0.119 e. The van der Waals surface area contributed by atoms with E-state index in [0.29, 0.717) is 23.5 Å². The van der Waals surface area contributed by atoms with E-state index in [2.05, 4.69) is 143 Å². The largest absolute Gasteiger partial charge is 0.508 e. The first-order chi connectivity index (χ1) is 32.0. The number of likely N-dealkylation sites (tertiary alicyclic amines) is 2. The summed E-state index contributed by atoms with van der Waals surface area (Å²) >= 11 is 5.54. The number of hydrogen-bond donors (Lipinski definition) is 1. The van der Waals surface area contributed by atoms with E-state index in [0.717, 1.165) is 68.5 Å². The van der Waals surface area contributed by atoms with Crippen molar-refractivity contribution in [3.63, 3.8) is 0 Å². The average molecular weight is 892 g/mol. The molecule has 2 aliphatic carbocycles. The summed E-state index contributed by atoms with van der Waals surface area (Å²) in [7, 11) is 3.46. The van der Waals surface area contributed by atoms with E-state index in [-0.39, 0.29) is 5.92 Å². The number of alkyl halides is 1. The smallest absolute Gasteiger partial charge is 0.119 e. The van der Waals surface area contributed by atoms with E-state index in [9.17, 15) is 5.11 Å². The SMILES string of the molecule is COc1ccc2c(c1)CCC(c1ccccc1)C2c1ccc(O)cc1.COc1ccc2c(c1)CCC(c1ccccc1)C2c1ccc(OCCN2CCCC2)cc1.ClCCN1CCCC1. The highest BCUT2D eigenvalue weighted by atomic mass is 35.5. The highest BCUT2D eigenvalue weighted by Gasteiger charge is 2.33. The van der Waals surface area contributed by atoms with Crippen LogP contribution in [0.2, 0.25) is 0 Å². The molecular weight excluding hydrogens is 824 g/mol. The van der Waals surface area contributed by atoms with Crippen molar-refractivity contribution >= 4 is 11.6 Å². The van der Waals surface area contributed by atoms with Gasteiger partial charge in [0.05, 0.1) is 14.2 Å². The lowest BCUT2D eigenvalue weighted by Gasteiger charge is -2.35. The van der Waals surface area contributed by atoms with Gasteiger partial charge in [-0.25, -0.2) is 0 Å². The minimum Gasteiger partial charge on any atom is -0.508 e. The van der Waals surface area contributed by atoms with Crippen molar-refractivity contribution in [3.8, 4) is 23.0 Å². The molecule has 2 saturated heterocycles. The Balaban J connectivity index is 0.000000155. The quantitative estimate of drug-likeness (QED) is 0.124. The van der Waals surface area contributed by atoms with Gasteiger partial charge in [-0.1, -0.05) is 97.1 Å². The summed E-state index contributed by atoms with van der Waals surface area (Å²) < 4.78 is 17.0. The van der Waals surface area contributed by atoms with Gasteiger partial charge >= 0.3 is 0 Å². The molecule has 4 aliphatic rings. The van der Waals surface area contributed by atoms with Crippen molar-refractivity contribution in [3.05, 3.63) is 190 Å². The molecule has 0 spiro atoms. The van der Waals surface area contributed by atoms with Gasteiger partial charge in [0, 0.05) is 30.8 Å². The van der Waals surface area contributed by atoms with E-state index in [4.69, 9.17) is 25.8 Å². The summed E-state index contributed by atoms with van der Waals surface area (Å²) in [5.41, 5.74) is 11.0. The third-order valence-corrected chi connectivity index (χ3v) is 14.2. The van der Waals surface area contributed by atoms with E-state index in [1.165, 1.54) is 96.4 Å². The lowest BCUT2D eigenvalue weighted by atomic mass is 9.69. The molecule has 0 radical (unpaired) electrons. The first kappa shape index (κ1) is 46.3. The maximum atomic E-state index is 9.69. The van der Waals surface area contributed by atoms with Crippen LogP contribution in [0.25, 0.3) is 0 Å². The number of aryl methyl sites for hydroxylation is 2. The standard InChI is InChI=1S/C29H33NO2.C23H22O2.C6H12ClN/c1-31-26-14-16-28-24(21-26)11-15-27(22-7-3-2-4-8-22)29(28)23-9-12-25(13-10-23)32-20-19-30-17-5-6-18-30;1-25-20-12-14-22-18(15-20)9-13-21(16-5-3-2-4-6-16)23(22)17-7-10-19(24)11-8-17;7-3-6-8-4-1-2-5-8/h2-4,7-10,12-14,16,21,27,29H,5-6,11,15,17-20H2,1H3;2-8,10-12,14-15,21,23-24H,9,13H2,1H3;1-6H2. The molecule has 6 aromatic carbocycles. The zero-order chi connectivity index (χ0) is 44.8. The normalized spacial score (nSPS) is 20.3. The zero-order valence-electron chi connectivity index (χ0n) is 38.4. The Morgan fingerprint density at radius 3 is 1.38 bits per heavy atom. The van der Waals surface area contributed by atoms with Crippen molar-refractivity contribution < 1.29 is 19.3 Å². The number of phenols is 1. The molecule has 0 bridgehead atoms. The van der Waals surface area contributed by atoms with Crippen molar-refractivity contribution in [2.45, 2.75) is 75.0 Å². The van der Waals surface area contributed by atoms with Gasteiger partial charge in [0.15, 0.2) is 0 Å². The van der Waals surface area contributed by atoms with E-state index in [1.54, 1.807) is 26.4 Å². The van der Waals surface area contributed by atoms with Crippen LogP contribution in [-0.2, 0) is 12.8 Å². The molecule has 2 aliphatic heterocycles. The topological polar surface area (TPSA) is 54.4 Å². The molecule has 0 aromatic heterocycles. The van der Waals surface area contributed by atoms with Gasteiger partial charge in [-0.3, -0.25) is 4.90 Å². The predicted molar refractivity (Wildman–Crippen MR) is 267 cm³/mol. The number of hydrogen-bond acceptors (Lipinski definition) is 6. The van der Waals surface area contributed by atoms with Crippen LogP contribution in [0.4, 0.5) is 0 Å². The van der Waals surface area contributed by atoms with Gasteiger partial charge in [-0.2, -0.15) is 0 Å². The van der Waals surface area contributed by atoms with Gasteiger partial charge in [-0.15, -0.1) is 11.6 Å².